The molecule has 1 amide bonds. The van der Waals surface area contributed by atoms with Crippen molar-refractivity contribution < 1.29 is 9.18 Å². The number of carbonyl (C=O) groups is 1. The maximum absolute atomic E-state index is 13.0. The summed E-state index contributed by atoms with van der Waals surface area (Å²) in [5.41, 5.74) is 0.701. The van der Waals surface area contributed by atoms with Crippen LogP contribution in [0, 0.1) is 11.7 Å². The molecule has 0 heterocycles. The normalized spacial score (nSPS) is 23.5. The standard InChI is InChI=1S/C16H20FNO/c1-12-5-2-3-8-15(12)18-16(19)10-9-13-6-4-7-14(17)11-13/h4,6-7,9-12,15H,2-3,5,8H2,1H3,(H,18,19)/b10-9+/t12-,15-/m1/s1. The average molecular weight is 261 g/mol. The lowest BCUT2D eigenvalue weighted by Crippen LogP contribution is -2.40. The second-order valence-electron chi connectivity index (χ2n) is 5.27. The molecule has 0 aliphatic heterocycles. The zero-order chi connectivity index (χ0) is 13.7. The van der Waals surface area contributed by atoms with Gasteiger partial charge in [0, 0.05) is 12.1 Å². The summed E-state index contributed by atoms with van der Waals surface area (Å²) in [6, 6.07) is 6.48. The fraction of sp³-hybridized carbons (Fsp3) is 0.438. The molecule has 2 nitrogen and oxygen atoms in total. The highest BCUT2D eigenvalue weighted by Gasteiger charge is 2.21. The van der Waals surface area contributed by atoms with Crippen LogP contribution in [0.15, 0.2) is 30.3 Å². The summed E-state index contributed by atoms with van der Waals surface area (Å²) in [6.45, 7) is 2.18. The first kappa shape index (κ1) is 13.8. The van der Waals surface area contributed by atoms with Crippen LogP contribution in [0.3, 0.4) is 0 Å². The number of hydrogen-bond acceptors (Lipinski definition) is 1. The maximum atomic E-state index is 13.0. The number of carbonyl (C=O) groups excluding carboxylic acids is 1. The zero-order valence-electron chi connectivity index (χ0n) is 11.2. The molecule has 0 saturated heterocycles. The number of benzene rings is 1. The van der Waals surface area contributed by atoms with E-state index in [0.29, 0.717) is 11.5 Å². The van der Waals surface area contributed by atoms with Gasteiger partial charge < -0.3 is 5.32 Å². The number of amides is 1. The number of hydrogen-bond donors (Lipinski definition) is 1. The van der Waals surface area contributed by atoms with Gasteiger partial charge in [-0.25, -0.2) is 4.39 Å². The van der Waals surface area contributed by atoms with Crippen LogP contribution in [-0.4, -0.2) is 11.9 Å². The summed E-state index contributed by atoms with van der Waals surface area (Å²) in [5, 5.41) is 3.03. The van der Waals surface area contributed by atoms with Crippen molar-refractivity contribution >= 4 is 12.0 Å². The third-order valence-corrected chi connectivity index (χ3v) is 3.71. The van der Waals surface area contributed by atoms with Gasteiger partial charge in [0.1, 0.15) is 5.82 Å². The Labute approximate surface area is 113 Å². The zero-order valence-corrected chi connectivity index (χ0v) is 11.2. The van der Waals surface area contributed by atoms with Gasteiger partial charge in [-0.05, 0) is 42.5 Å². The van der Waals surface area contributed by atoms with Crippen LogP contribution < -0.4 is 5.32 Å². The summed E-state index contributed by atoms with van der Waals surface area (Å²) in [4.78, 5) is 11.8. The van der Waals surface area contributed by atoms with Gasteiger partial charge in [-0.1, -0.05) is 31.9 Å². The Morgan fingerprint density at radius 3 is 2.89 bits per heavy atom. The Kier molecular flexibility index (Phi) is 4.72. The second kappa shape index (κ2) is 6.50. The molecule has 1 aliphatic carbocycles. The highest BCUT2D eigenvalue weighted by molar-refractivity contribution is 5.91. The first-order valence-electron chi connectivity index (χ1n) is 6.89. The summed E-state index contributed by atoms with van der Waals surface area (Å²) in [5.74, 6) is 0.159. The molecule has 1 aromatic rings. The smallest absolute Gasteiger partial charge is 0.244 e. The van der Waals surface area contributed by atoms with Crippen molar-refractivity contribution in [2.75, 3.05) is 0 Å². The quantitative estimate of drug-likeness (QED) is 0.828. The SMILES string of the molecule is C[C@@H]1CCCC[C@H]1NC(=O)/C=C/c1cccc(F)c1. The third-order valence-electron chi connectivity index (χ3n) is 3.71. The van der Waals surface area contributed by atoms with Crippen LogP contribution >= 0.6 is 0 Å². The van der Waals surface area contributed by atoms with Gasteiger partial charge in [0.15, 0.2) is 0 Å². The summed E-state index contributed by atoms with van der Waals surface area (Å²) in [6.07, 6.45) is 7.80. The van der Waals surface area contributed by atoms with E-state index in [2.05, 4.69) is 12.2 Å². The van der Waals surface area contributed by atoms with Crippen molar-refractivity contribution in [2.45, 2.75) is 38.6 Å². The lowest BCUT2D eigenvalue weighted by Gasteiger charge is -2.29. The summed E-state index contributed by atoms with van der Waals surface area (Å²) >= 11 is 0. The Morgan fingerprint density at radius 2 is 2.16 bits per heavy atom. The highest BCUT2D eigenvalue weighted by Crippen LogP contribution is 2.23. The fourth-order valence-electron chi connectivity index (χ4n) is 2.54. The van der Waals surface area contributed by atoms with Gasteiger partial charge in [-0.3, -0.25) is 4.79 Å². The molecule has 1 aliphatic rings. The van der Waals surface area contributed by atoms with Crippen LogP contribution in [0.1, 0.15) is 38.2 Å². The van der Waals surface area contributed by atoms with E-state index in [1.807, 2.05) is 0 Å². The number of nitrogens with one attached hydrogen (secondary N) is 1. The van der Waals surface area contributed by atoms with Crippen molar-refractivity contribution in [3.8, 4) is 0 Å². The molecule has 102 valence electrons. The molecule has 0 aromatic heterocycles. The Balaban J connectivity index is 1.90. The van der Waals surface area contributed by atoms with Crippen LogP contribution in [0.5, 0.6) is 0 Å². The Bertz CT molecular complexity index is 470. The predicted molar refractivity (Wildman–Crippen MR) is 75.0 cm³/mol. The molecule has 3 heteroatoms. The molecule has 1 fully saturated rings. The monoisotopic (exact) mass is 261 g/mol. The molecule has 0 bridgehead atoms. The van der Waals surface area contributed by atoms with E-state index in [4.69, 9.17) is 0 Å². The lowest BCUT2D eigenvalue weighted by molar-refractivity contribution is -0.117. The van der Waals surface area contributed by atoms with E-state index in [0.717, 1.165) is 6.42 Å². The molecule has 0 spiro atoms. The van der Waals surface area contributed by atoms with E-state index in [1.54, 1.807) is 18.2 Å². The summed E-state index contributed by atoms with van der Waals surface area (Å²) < 4.78 is 13.0. The molecular weight excluding hydrogens is 241 g/mol. The van der Waals surface area contributed by atoms with Crippen molar-refractivity contribution in [1.29, 1.82) is 0 Å². The van der Waals surface area contributed by atoms with Gasteiger partial charge in [0.2, 0.25) is 5.91 Å². The van der Waals surface area contributed by atoms with Gasteiger partial charge in [0.05, 0.1) is 0 Å². The van der Waals surface area contributed by atoms with Crippen LogP contribution in [0.4, 0.5) is 4.39 Å². The summed E-state index contributed by atoms with van der Waals surface area (Å²) in [7, 11) is 0. The van der Waals surface area contributed by atoms with E-state index < -0.39 is 0 Å². The molecule has 0 unspecified atom stereocenters. The Morgan fingerprint density at radius 1 is 1.37 bits per heavy atom. The van der Waals surface area contributed by atoms with E-state index in [-0.39, 0.29) is 17.8 Å². The predicted octanol–water partition coefficient (Wildman–Crippen LogP) is 3.53. The highest BCUT2D eigenvalue weighted by atomic mass is 19.1. The Hall–Kier alpha value is -1.64. The molecule has 2 atom stereocenters. The molecular formula is C16H20FNO. The van der Waals surface area contributed by atoms with E-state index in [1.165, 1.54) is 37.5 Å². The number of rotatable bonds is 3. The molecule has 1 aromatic carbocycles. The van der Waals surface area contributed by atoms with E-state index >= 15 is 0 Å². The first-order chi connectivity index (χ1) is 9.15. The van der Waals surface area contributed by atoms with E-state index in [9.17, 15) is 9.18 Å². The maximum Gasteiger partial charge on any atom is 0.244 e. The topological polar surface area (TPSA) is 29.1 Å². The van der Waals surface area contributed by atoms with Gasteiger partial charge >= 0.3 is 0 Å². The third kappa shape index (κ3) is 4.19. The first-order valence-corrected chi connectivity index (χ1v) is 6.89. The molecule has 1 N–H and O–H groups in total. The van der Waals surface area contributed by atoms with Crippen LogP contribution in [-0.2, 0) is 4.79 Å². The molecule has 19 heavy (non-hydrogen) atoms. The lowest BCUT2D eigenvalue weighted by atomic mass is 9.86. The molecule has 1 saturated carbocycles. The average Bonchev–Trinajstić information content (AvgIpc) is 2.39. The van der Waals surface area contributed by atoms with Gasteiger partial charge in [-0.2, -0.15) is 0 Å². The molecule has 0 radical (unpaired) electrons. The fourth-order valence-corrected chi connectivity index (χ4v) is 2.54. The van der Waals surface area contributed by atoms with Crippen molar-refractivity contribution in [3.05, 3.63) is 41.7 Å². The van der Waals surface area contributed by atoms with Crippen molar-refractivity contribution in [1.82, 2.24) is 5.32 Å². The van der Waals surface area contributed by atoms with Crippen molar-refractivity contribution in [3.63, 3.8) is 0 Å². The molecule has 2 rings (SSSR count). The second-order valence-corrected chi connectivity index (χ2v) is 5.27. The minimum absolute atomic E-state index is 0.0944. The van der Waals surface area contributed by atoms with Gasteiger partial charge in [-0.15, -0.1) is 0 Å². The van der Waals surface area contributed by atoms with Crippen LogP contribution in [0.2, 0.25) is 0 Å². The van der Waals surface area contributed by atoms with Crippen molar-refractivity contribution in [2.24, 2.45) is 5.92 Å². The number of halogens is 1. The minimum atomic E-state index is -0.288. The van der Waals surface area contributed by atoms with Gasteiger partial charge in [0.25, 0.3) is 0 Å². The minimum Gasteiger partial charge on any atom is -0.350 e. The largest absolute Gasteiger partial charge is 0.350 e. The van der Waals surface area contributed by atoms with Crippen LogP contribution in [0.25, 0.3) is 6.08 Å².